The first-order valence-electron chi connectivity index (χ1n) is 9.35. The summed E-state index contributed by atoms with van der Waals surface area (Å²) in [5.74, 6) is 0.720. The molecular weight excluding hydrogens is 362 g/mol. The number of nitrogens with zero attached hydrogens (tertiary/aromatic N) is 2. The molecule has 1 aliphatic heterocycles. The van der Waals surface area contributed by atoms with Gasteiger partial charge in [0.2, 0.25) is 5.91 Å². The van der Waals surface area contributed by atoms with Crippen LogP contribution < -0.4 is 16.0 Å². The molecule has 8 heteroatoms. The number of rotatable bonds is 4. The van der Waals surface area contributed by atoms with Gasteiger partial charge in [-0.1, -0.05) is 12.1 Å². The van der Waals surface area contributed by atoms with Gasteiger partial charge in [0.1, 0.15) is 12.3 Å². The Labute approximate surface area is 161 Å². The molecule has 3 atom stereocenters. The van der Waals surface area contributed by atoms with E-state index < -0.39 is 16.9 Å². The zero-order valence-electron chi connectivity index (χ0n) is 15.6. The highest BCUT2D eigenvalue weighted by molar-refractivity contribution is 5.76. The number of nitrogens with one attached hydrogen (secondary N) is 1. The molecular formula is C20H23N3O5. The van der Waals surface area contributed by atoms with Gasteiger partial charge in [0.05, 0.1) is 12.7 Å². The van der Waals surface area contributed by atoms with E-state index in [0.717, 1.165) is 17.7 Å². The SMILES string of the molecule is COc1ccc([C@@]2(O)CC[C@@H]3CN(C(=O)Cn4ccc(=O)[nH]c4=O)C[C@@H]32)cc1. The number of ether oxygens (including phenoxy) is 1. The number of carbonyl (C=O) groups is 1. The van der Waals surface area contributed by atoms with Gasteiger partial charge in [-0.05, 0) is 36.5 Å². The van der Waals surface area contributed by atoms with Gasteiger partial charge in [-0.2, -0.15) is 0 Å². The molecule has 2 heterocycles. The van der Waals surface area contributed by atoms with Crippen molar-refractivity contribution in [1.29, 1.82) is 0 Å². The van der Waals surface area contributed by atoms with Gasteiger partial charge in [-0.3, -0.25) is 19.1 Å². The van der Waals surface area contributed by atoms with E-state index in [4.69, 9.17) is 4.74 Å². The second-order valence-corrected chi connectivity index (χ2v) is 7.59. The summed E-state index contributed by atoms with van der Waals surface area (Å²) in [7, 11) is 1.60. The molecule has 1 aromatic carbocycles. The number of methoxy groups -OCH3 is 1. The summed E-state index contributed by atoms with van der Waals surface area (Å²) in [4.78, 5) is 39.5. The summed E-state index contributed by atoms with van der Waals surface area (Å²) in [5.41, 5.74) is -1.23. The molecule has 1 amide bonds. The number of benzene rings is 1. The Bertz CT molecular complexity index is 996. The maximum absolute atomic E-state index is 12.7. The summed E-state index contributed by atoms with van der Waals surface area (Å²) in [5, 5.41) is 11.4. The average Bonchev–Trinajstić information content (AvgIpc) is 3.25. The summed E-state index contributed by atoms with van der Waals surface area (Å²) in [6, 6.07) is 8.65. The van der Waals surface area contributed by atoms with E-state index in [9.17, 15) is 19.5 Å². The molecule has 0 radical (unpaired) electrons. The Morgan fingerprint density at radius 1 is 1.25 bits per heavy atom. The Morgan fingerprint density at radius 2 is 2.00 bits per heavy atom. The van der Waals surface area contributed by atoms with E-state index in [1.165, 1.54) is 16.8 Å². The fourth-order valence-electron chi connectivity index (χ4n) is 4.55. The van der Waals surface area contributed by atoms with Crippen LogP contribution in [0.1, 0.15) is 18.4 Å². The predicted octanol–water partition coefficient (Wildman–Crippen LogP) is 0.301. The van der Waals surface area contributed by atoms with Gasteiger partial charge in [0.25, 0.3) is 5.56 Å². The van der Waals surface area contributed by atoms with Crippen LogP contribution in [0.15, 0.2) is 46.1 Å². The molecule has 4 rings (SSSR count). The highest BCUT2D eigenvalue weighted by Crippen LogP contribution is 2.50. The van der Waals surface area contributed by atoms with Crippen molar-refractivity contribution in [2.45, 2.75) is 25.0 Å². The first kappa shape index (κ1) is 18.5. The molecule has 1 aliphatic carbocycles. The fourth-order valence-corrected chi connectivity index (χ4v) is 4.55. The van der Waals surface area contributed by atoms with Crippen LogP contribution >= 0.6 is 0 Å². The van der Waals surface area contributed by atoms with E-state index in [1.807, 2.05) is 24.3 Å². The lowest BCUT2D eigenvalue weighted by Crippen LogP contribution is -2.39. The lowest BCUT2D eigenvalue weighted by molar-refractivity contribution is -0.131. The molecule has 2 aromatic rings. The van der Waals surface area contributed by atoms with Crippen LogP contribution in [0.2, 0.25) is 0 Å². The first-order chi connectivity index (χ1) is 13.4. The molecule has 28 heavy (non-hydrogen) atoms. The summed E-state index contributed by atoms with van der Waals surface area (Å²) >= 11 is 0. The fraction of sp³-hybridized carbons (Fsp3) is 0.450. The number of aromatic amines is 1. The van der Waals surface area contributed by atoms with E-state index in [0.29, 0.717) is 19.5 Å². The van der Waals surface area contributed by atoms with Gasteiger partial charge >= 0.3 is 5.69 Å². The van der Waals surface area contributed by atoms with Crippen LogP contribution in [-0.2, 0) is 16.9 Å². The number of carbonyl (C=O) groups excluding carboxylic acids is 1. The molecule has 1 aromatic heterocycles. The van der Waals surface area contributed by atoms with Gasteiger partial charge in [-0.15, -0.1) is 0 Å². The molecule has 1 saturated heterocycles. The zero-order chi connectivity index (χ0) is 19.9. The van der Waals surface area contributed by atoms with Crippen molar-refractivity contribution >= 4 is 5.91 Å². The quantitative estimate of drug-likeness (QED) is 0.788. The van der Waals surface area contributed by atoms with Gasteiger partial charge in [0, 0.05) is 31.3 Å². The van der Waals surface area contributed by atoms with E-state index in [1.54, 1.807) is 12.0 Å². The van der Waals surface area contributed by atoms with Crippen molar-refractivity contribution < 1.29 is 14.6 Å². The predicted molar refractivity (Wildman–Crippen MR) is 101 cm³/mol. The van der Waals surface area contributed by atoms with Crippen LogP contribution in [0.3, 0.4) is 0 Å². The summed E-state index contributed by atoms with van der Waals surface area (Å²) < 4.78 is 6.38. The molecule has 0 unspecified atom stereocenters. The highest BCUT2D eigenvalue weighted by Gasteiger charge is 2.53. The molecule has 0 spiro atoms. The minimum atomic E-state index is -0.971. The molecule has 148 valence electrons. The number of hydrogen-bond donors (Lipinski definition) is 2. The minimum absolute atomic E-state index is 0.0443. The Hall–Kier alpha value is -2.87. The third-order valence-corrected chi connectivity index (χ3v) is 6.10. The number of hydrogen-bond acceptors (Lipinski definition) is 5. The van der Waals surface area contributed by atoms with Crippen molar-refractivity contribution in [2.75, 3.05) is 20.2 Å². The summed E-state index contributed by atoms with van der Waals surface area (Å²) in [6.07, 6.45) is 2.83. The number of H-pyrrole nitrogens is 1. The summed E-state index contributed by atoms with van der Waals surface area (Å²) in [6.45, 7) is 0.889. The Morgan fingerprint density at radius 3 is 2.68 bits per heavy atom. The van der Waals surface area contributed by atoms with Crippen LogP contribution in [0.5, 0.6) is 5.75 Å². The van der Waals surface area contributed by atoms with Crippen molar-refractivity contribution in [3.8, 4) is 5.75 Å². The van der Waals surface area contributed by atoms with Crippen LogP contribution in [0, 0.1) is 11.8 Å². The van der Waals surface area contributed by atoms with Crippen LogP contribution in [0.4, 0.5) is 0 Å². The van der Waals surface area contributed by atoms with Crippen LogP contribution in [-0.4, -0.2) is 45.7 Å². The molecule has 8 nitrogen and oxygen atoms in total. The second kappa shape index (κ2) is 6.94. The molecule has 2 aliphatic rings. The van der Waals surface area contributed by atoms with Crippen LogP contribution in [0.25, 0.3) is 0 Å². The number of fused-ring (bicyclic) bond motifs is 1. The largest absolute Gasteiger partial charge is 0.497 e. The third kappa shape index (κ3) is 3.13. The highest BCUT2D eigenvalue weighted by atomic mass is 16.5. The van der Waals surface area contributed by atoms with E-state index >= 15 is 0 Å². The number of likely N-dealkylation sites (tertiary alicyclic amines) is 1. The molecule has 2 fully saturated rings. The van der Waals surface area contributed by atoms with E-state index in [2.05, 4.69) is 4.98 Å². The lowest BCUT2D eigenvalue weighted by atomic mass is 9.82. The molecule has 1 saturated carbocycles. The average molecular weight is 385 g/mol. The third-order valence-electron chi connectivity index (χ3n) is 6.10. The van der Waals surface area contributed by atoms with Gasteiger partial charge < -0.3 is 14.7 Å². The van der Waals surface area contributed by atoms with Crippen molar-refractivity contribution in [3.63, 3.8) is 0 Å². The maximum atomic E-state index is 12.7. The number of amides is 1. The standard InChI is InChI=1S/C20H23N3O5/c1-28-15-4-2-14(3-5-15)20(27)8-6-13-10-23(11-16(13)20)18(25)12-22-9-7-17(24)21-19(22)26/h2-5,7,9,13,16,27H,6,8,10-12H2,1H3,(H,21,24,26)/t13-,16+,20+/m1/s1. The molecule has 0 bridgehead atoms. The van der Waals surface area contributed by atoms with E-state index in [-0.39, 0.29) is 24.3 Å². The second-order valence-electron chi connectivity index (χ2n) is 7.59. The topological polar surface area (TPSA) is 105 Å². The monoisotopic (exact) mass is 385 g/mol. The molecule has 2 N–H and O–H groups in total. The smallest absolute Gasteiger partial charge is 0.328 e. The Kier molecular flexibility index (Phi) is 4.58. The van der Waals surface area contributed by atoms with Gasteiger partial charge in [-0.25, -0.2) is 4.79 Å². The normalized spacial score (nSPS) is 26.3. The first-order valence-corrected chi connectivity index (χ1v) is 9.35. The number of aromatic nitrogens is 2. The number of aliphatic hydroxyl groups is 1. The van der Waals surface area contributed by atoms with Gasteiger partial charge in [0.15, 0.2) is 0 Å². The van der Waals surface area contributed by atoms with Crippen molar-refractivity contribution in [1.82, 2.24) is 14.5 Å². The zero-order valence-corrected chi connectivity index (χ0v) is 15.6. The minimum Gasteiger partial charge on any atom is -0.497 e. The maximum Gasteiger partial charge on any atom is 0.328 e. The van der Waals surface area contributed by atoms with Crippen molar-refractivity contribution in [2.24, 2.45) is 11.8 Å². The Balaban J connectivity index is 1.50. The van der Waals surface area contributed by atoms with Crippen molar-refractivity contribution in [3.05, 3.63) is 62.9 Å². The lowest BCUT2D eigenvalue weighted by Gasteiger charge is -2.31.